The van der Waals surface area contributed by atoms with Gasteiger partial charge in [-0.15, -0.1) is 0 Å². The number of nitrogens with one attached hydrogen (secondary N) is 7. The lowest BCUT2D eigenvalue weighted by molar-refractivity contribution is -0.385. The highest BCUT2D eigenvalue weighted by molar-refractivity contribution is 8.77. The highest BCUT2D eigenvalue weighted by Crippen LogP contribution is 2.45. The molecule has 129 heavy (non-hydrogen) atoms. The van der Waals surface area contributed by atoms with Crippen molar-refractivity contribution in [3.05, 3.63) is 48.5 Å². The van der Waals surface area contributed by atoms with Gasteiger partial charge in [0, 0.05) is 103 Å². The Morgan fingerprint density at radius 3 is 1.45 bits per heavy atom. The van der Waals surface area contributed by atoms with Crippen LogP contribution in [-0.4, -0.2) is 419 Å². The summed E-state index contributed by atoms with van der Waals surface area (Å²) in [6.45, 7) is -5.05. The first-order chi connectivity index (χ1) is 61.4. The summed E-state index contributed by atoms with van der Waals surface area (Å²) in [6.07, 6.45) is -39.5. The van der Waals surface area contributed by atoms with Gasteiger partial charge >= 0.3 is 11.9 Å². The maximum atomic E-state index is 12.9. The smallest absolute Gasteiger partial charge is 0.364 e. The molecule has 0 spiro atoms. The normalized spacial score (nSPS) is 33.5. The van der Waals surface area contributed by atoms with E-state index in [-0.39, 0.29) is 18.4 Å². The maximum Gasteiger partial charge on any atom is 0.364 e. The van der Waals surface area contributed by atoms with E-state index in [0.717, 1.165) is 62.6 Å². The average molecular weight is 1930 g/mol. The van der Waals surface area contributed by atoms with Crippen molar-refractivity contribution >= 4 is 114 Å². The van der Waals surface area contributed by atoms with Gasteiger partial charge in [0.1, 0.15) is 116 Å². The number of anilines is 4. The van der Waals surface area contributed by atoms with E-state index in [2.05, 4.69) is 26.6 Å². The number of amides is 4. The minimum absolute atomic E-state index is 0.0825. The third kappa shape index (κ3) is 31.3. The predicted octanol–water partition coefficient (Wildman–Crippen LogP) is -6.36. The zero-order valence-electron chi connectivity index (χ0n) is 70.4. The van der Waals surface area contributed by atoms with Gasteiger partial charge in [-0.25, -0.2) is 9.59 Å². The van der Waals surface area contributed by atoms with Crippen molar-refractivity contribution in [1.29, 1.82) is 10.8 Å². The number of carbonyl (C=O) groups is 6. The van der Waals surface area contributed by atoms with E-state index in [1.54, 1.807) is 30.3 Å². The van der Waals surface area contributed by atoms with Gasteiger partial charge in [-0.1, -0.05) is 68.1 Å². The molecule has 0 saturated carbocycles. The predicted molar refractivity (Wildman–Crippen MR) is 457 cm³/mol. The van der Waals surface area contributed by atoms with Crippen LogP contribution < -0.4 is 32.3 Å². The van der Waals surface area contributed by atoms with E-state index >= 15 is 0 Å². The molecule has 9 rings (SSSR count). The fourth-order valence-corrected chi connectivity index (χ4v) is 21.3. The molecule has 0 aromatic heterocycles. The van der Waals surface area contributed by atoms with Gasteiger partial charge < -0.3 is 197 Å². The molecule has 734 valence electrons. The number of hydrogen-bond acceptors (Lipinski definition) is 45. The number of unbranched alkanes of at least 4 members (excludes halogenated alkanes) is 2. The average Bonchev–Trinajstić information content (AvgIpc) is 0.867. The molecule has 0 aliphatic carbocycles. The molecule has 31 N–H and O–H groups in total. The van der Waals surface area contributed by atoms with Crippen molar-refractivity contribution in [3.8, 4) is 0 Å². The first-order valence-corrected chi connectivity index (χ1v) is 46.4. The van der Waals surface area contributed by atoms with Crippen LogP contribution in [0.5, 0.6) is 0 Å². The van der Waals surface area contributed by atoms with Crippen LogP contribution in [0.3, 0.4) is 0 Å². The quantitative estimate of drug-likeness (QED) is 0.00964. The fraction of sp³-hybridized carbons (Fsp3) is 0.744. The van der Waals surface area contributed by atoms with Crippen molar-refractivity contribution in [3.63, 3.8) is 0 Å². The Balaban J connectivity index is 0.000000302. The standard InChI is InChI=1S/C39H62N4O19S2.C25H42N2O19.C14H20N2OS2/c1-19(47)42-24(13-41-20-5-4-6-21(11-20)43-29(51)8-3-2-7-22-9-10-63-64-22)30(52)35(27(50)15-45)60-37-33(55)36(32(54)28(16-46)59-37)62-39(38(56)57)12-25(48)23(17-58-18-40)34(61-39)31(53)26(49)14-44;1-8(31)27-14-17(36)20(13(5-30)42-22(14)38)44-23-18(37)21(16(35)12(4-29)43-23)46-25(24(39)40)2-10(32)9(6-41-7-26)19(45-25)15(34)11(33)3-28;15-11-4-3-5-12(10-11)16-14(17)7-2-1-6-13-8-9-18-19-13/h4-6,11,18,22-28,30-37,40-41,44-46,48-50,52-55H,2-3,7-10,12-17H2,1H3,(H,42,47)(H,43,51)(H,56,57);7,9-23,26,28-30,32-38H,2-6H2,1H3,(H,27,31)(H,39,40);3-5,10,13H,1-2,6-9,15H2,(H,16,17). The summed E-state index contributed by atoms with van der Waals surface area (Å²) in [5, 5.41) is 261. The lowest BCUT2D eigenvalue weighted by Gasteiger charge is -2.50. The highest BCUT2D eigenvalue weighted by atomic mass is 33.1. The van der Waals surface area contributed by atoms with Crippen LogP contribution in [0.2, 0.25) is 0 Å². The Morgan fingerprint density at radius 1 is 0.566 bits per heavy atom. The number of aliphatic hydroxyl groups excluding tert-OH is 20. The Hall–Kier alpha value is -5.96. The van der Waals surface area contributed by atoms with E-state index in [0.29, 0.717) is 48.0 Å². The van der Waals surface area contributed by atoms with Crippen LogP contribution in [0.25, 0.3) is 0 Å². The number of aliphatic hydroxyl groups is 20. The number of nitrogen functional groups attached to an aromatic ring is 1. The molecule has 47 nitrogen and oxygen atoms in total. The third-order valence-corrected chi connectivity index (χ3v) is 28.2. The van der Waals surface area contributed by atoms with E-state index in [1.165, 1.54) is 25.0 Å². The summed E-state index contributed by atoms with van der Waals surface area (Å²) in [7, 11) is 7.74. The van der Waals surface area contributed by atoms with Crippen molar-refractivity contribution < 1.29 is 193 Å². The molecule has 7 aliphatic heterocycles. The second-order valence-corrected chi connectivity index (χ2v) is 37.2. The van der Waals surface area contributed by atoms with Crippen LogP contribution in [0.4, 0.5) is 22.7 Å². The minimum Gasteiger partial charge on any atom is -0.483 e. The lowest BCUT2D eigenvalue weighted by Crippen LogP contribution is -2.69. The first-order valence-electron chi connectivity index (χ1n) is 41.6. The summed E-state index contributed by atoms with van der Waals surface area (Å²) in [4.78, 5) is 73.9. The minimum atomic E-state index is -3.05. The van der Waals surface area contributed by atoms with Gasteiger partial charge in [0.2, 0.25) is 23.6 Å². The third-order valence-electron chi connectivity index (χ3n) is 22.2. The molecule has 0 bridgehead atoms. The van der Waals surface area contributed by atoms with Crippen LogP contribution >= 0.6 is 43.2 Å². The Labute approximate surface area is 756 Å². The van der Waals surface area contributed by atoms with Crippen molar-refractivity contribution in [2.75, 3.05) is 92.6 Å². The zero-order chi connectivity index (χ0) is 95.1. The number of carbonyl (C=O) groups excluding carboxylic acids is 4. The van der Waals surface area contributed by atoms with Crippen molar-refractivity contribution in [1.82, 2.24) is 10.6 Å². The second-order valence-electron chi connectivity index (χ2n) is 31.7. The molecule has 33 unspecified atom stereocenters. The Bertz CT molecular complexity index is 3780. The summed E-state index contributed by atoms with van der Waals surface area (Å²) >= 11 is 0. The number of benzene rings is 2. The largest absolute Gasteiger partial charge is 0.483 e. The summed E-state index contributed by atoms with van der Waals surface area (Å²) in [6, 6.07) is 11.1. The highest BCUT2D eigenvalue weighted by Gasteiger charge is 2.63. The van der Waals surface area contributed by atoms with Gasteiger partial charge in [-0.05, 0) is 74.9 Å². The molecule has 7 saturated heterocycles. The zero-order valence-corrected chi connectivity index (χ0v) is 73.7. The second kappa shape index (κ2) is 54.0. The number of aliphatic carboxylic acids is 2. The van der Waals surface area contributed by atoms with Gasteiger partial charge in [0.25, 0.3) is 11.6 Å². The first kappa shape index (κ1) is 110. The number of rotatable bonds is 46. The number of ether oxygens (including phenoxy) is 11. The Kier molecular flexibility index (Phi) is 46.0. The summed E-state index contributed by atoms with van der Waals surface area (Å²) in [5.74, 6) is -11.6. The van der Waals surface area contributed by atoms with Crippen LogP contribution in [0.15, 0.2) is 48.5 Å². The van der Waals surface area contributed by atoms with E-state index in [4.69, 9.17) is 68.7 Å². The molecular formula is C78H124N8O39S4. The van der Waals surface area contributed by atoms with E-state index < -0.39 is 278 Å². The molecule has 4 amide bonds. The Morgan fingerprint density at radius 2 is 1.02 bits per heavy atom. The maximum absolute atomic E-state index is 12.9. The monoisotopic (exact) mass is 1920 g/mol. The van der Waals surface area contributed by atoms with Crippen molar-refractivity contribution in [2.24, 2.45) is 11.8 Å². The SMILES string of the molecule is CC(=O)NC(CNc1cccc(NC(=O)CCCCC2CCSS2)c1)C(O)C(OC1OC(CO)C(O)C(OC2(C(=O)O)CC(O)C(COC=N)C(C(O)C(O)CO)O2)C1O)C(O)CO.CC(=O)NC1C(O)OC(CO)C(OC2OC(CO)C(O)C(OC3(C(=O)O)CC(O)C(COC=N)C(C(O)C(O)CO)O3)C2O)C1O.Nc1cccc(NC(=O)CCCCC2CCSS2)c1. The van der Waals surface area contributed by atoms with Crippen molar-refractivity contribution in [2.45, 2.75) is 278 Å². The summed E-state index contributed by atoms with van der Waals surface area (Å²) < 4.78 is 60.0. The molecule has 51 heteroatoms. The molecule has 7 fully saturated rings. The van der Waals surface area contributed by atoms with E-state index in [9.17, 15) is 141 Å². The molecule has 2 aromatic rings. The number of carboxylic acids is 2. The molecule has 2 aromatic carbocycles. The number of carboxylic acid groups (broad SMARTS) is 2. The van der Waals surface area contributed by atoms with Crippen LogP contribution in [-0.2, 0) is 80.9 Å². The number of nitrogens with two attached hydrogens (primary N) is 1. The van der Waals surface area contributed by atoms with Gasteiger partial charge in [-0.2, -0.15) is 0 Å². The number of hydrogen-bond donors (Lipinski definition) is 30. The lowest BCUT2D eigenvalue weighted by atomic mass is 9.83. The van der Waals surface area contributed by atoms with Gasteiger partial charge in [-0.3, -0.25) is 30.0 Å². The summed E-state index contributed by atoms with van der Waals surface area (Å²) in [5.41, 5.74) is 8.04. The molecular weight excluding hydrogens is 1800 g/mol. The van der Waals surface area contributed by atoms with Crippen LogP contribution in [0.1, 0.15) is 90.9 Å². The van der Waals surface area contributed by atoms with Gasteiger partial charge in [0.05, 0.1) is 83.3 Å². The molecule has 33 atom stereocenters. The molecule has 0 radical (unpaired) electrons. The topological polar surface area (TPSA) is 783 Å². The molecule has 7 heterocycles. The fourth-order valence-electron chi connectivity index (χ4n) is 15.3. The van der Waals surface area contributed by atoms with E-state index in [1.807, 2.05) is 61.4 Å². The van der Waals surface area contributed by atoms with Crippen LogP contribution in [0, 0.1) is 22.7 Å². The molecule has 7 aliphatic rings. The van der Waals surface area contributed by atoms with Gasteiger partial charge in [0.15, 0.2) is 31.7 Å².